The van der Waals surface area contributed by atoms with Crippen LogP contribution in [0.3, 0.4) is 0 Å². The SMILES string of the molecule is CC[C@@H]1CCCCN1c1cc(N)ncn1. The number of hydrogen-bond donors (Lipinski definition) is 1. The zero-order chi connectivity index (χ0) is 10.7. The summed E-state index contributed by atoms with van der Waals surface area (Å²) in [6, 6.07) is 2.49. The van der Waals surface area contributed by atoms with Crippen molar-refractivity contribution in [3.63, 3.8) is 0 Å². The molecule has 0 aliphatic carbocycles. The van der Waals surface area contributed by atoms with Gasteiger partial charge >= 0.3 is 0 Å². The van der Waals surface area contributed by atoms with Crippen LogP contribution < -0.4 is 10.6 Å². The Hall–Kier alpha value is -1.32. The smallest absolute Gasteiger partial charge is 0.134 e. The Kier molecular flexibility index (Phi) is 3.04. The van der Waals surface area contributed by atoms with E-state index in [1.54, 1.807) is 6.33 Å². The van der Waals surface area contributed by atoms with Crippen molar-refractivity contribution < 1.29 is 0 Å². The fourth-order valence-electron chi connectivity index (χ4n) is 2.25. The summed E-state index contributed by atoms with van der Waals surface area (Å²) in [7, 11) is 0. The predicted octanol–water partition coefficient (Wildman–Crippen LogP) is 1.83. The zero-order valence-corrected chi connectivity index (χ0v) is 9.19. The van der Waals surface area contributed by atoms with E-state index in [4.69, 9.17) is 5.73 Å². The molecule has 0 spiro atoms. The van der Waals surface area contributed by atoms with Crippen LogP contribution >= 0.6 is 0 Å². The van der Waals surface area contributed by atoms with E-state index in [9.17, 15) is 0 Å². The Balaban J connectivity index is 2.20. The summed E-state index contributed by atoms with van der Waals surface area (Å²) in [6.45, 7) is 3.32. The molecule has 0 amide bonds. The molecule has 1 atom stereocenters. The predicted molar refractivity (Wildman–Crippen MR) is 61.7 cm³/mol. The molecule has 4 nitrogen and oxygen atoms in total. The topological polar surface area (TPSA) is 55.0 Å². The Morgan fingerprint density at radius 1 is 1.47 bits per heavy atom. The number of hydrogen-bond acceptors (Lipinski definition) is 4. The van der Waals surface area contributed by atoms with Crippen LogP contribution in [0.25, 0.3) is 0 Å². The lowest BCUT2D eigenvalue weighted by Gasteiger charge is -2.36. The van der Waals surface area contributed by atoms with Gasteiger partial charge in [-0.15, -0.1) is 0 Å². The number of aromatic nitrogens is 2. The van der Waals surface area contributed by atoms with Crippen molar-refractivity contribution in [3.05, 3.63) is 12.4 Å². The van der Waals surface area contributed by atoms with E-state index >= 15 is 0 Å². The summed E-state index contributed by atoms with van der Waals surface area (Å²) in [6.07, 6.45) is 6.56. The summed E-state index contributed by atoms with van der Waals surface area (Å²) in [5, 5.41) is 0. The monoisotopic (exact) mass is 206 g/mol. The van der Waals surface area contributed by atoms with Gasteiger partial charge in [0, 0.05) is 18.7 Å². The second kappa shape index (κ2) is 4.47. The Bertz CT molecular complexity index is 326. The number of rotatable bonds is 2. The van der Waals surface area contributed by atoms with Gasteiger partial charge in [-0.05, 0) is 25.7 Å². The highest BCUT2D eigenvalue weighted by Crippen LogP contribution is 2.25. The summed E-state index contributed by atoms with van der Waals surface area (Å²) in [5.41, 5.74) is 5.67. The molecular weight excluding hydrogens is 188 g/mol. The lowest BCUT2D eigenvalue weighted by molar-refractivity contribution is 0.446. The van der Waals surface area contributed by atoms with Crippen LogP contribution in [0.1, 0.15) is 32.6 Å². The zero-order valence-electron chi connectivity index (χ0n) is 9.19. The summed E-state index contributed by atoms with van der Waals surface area (Å²) in [5.74, 6) is 1.54. The van der Waals surface area contributed by atoms with Crippen LogP contribution in [0.4, 0.5) is 11.6 Å². The molecule has 1 aliphatic heterocycles. The number of piperidine rings is 1. The average Bonchev–Trinajstić information content (AvgIpc) is 2.29. The first kappa shape index (κ1) is 10.2. The second-order valence-corrected chi connectivity index (χ2v) is 4.05. The molecule has 15 heavy (non-hydrogen) atoms. The fourth-order valence-corrected chi connectivity index (χ4v) is 2.25. The summed E-state index contributed by atoms with van der Waals surface area (Å²) >= 11 is 0. The van der Waals surface area contributed by atoms with Crippen molar-refractivity contribution in [1.29, 1.82) is 0 Å². The third-order valence-corrected chi connectivity index (χ3v) is 3.07. The lowest BCUT2D eigenvalue weighted by Crippen LogP contribution is -2.39. The van der Waals surface area contributed by atoms with E-state index in [0.29, 0.717) is 11.9 Å². The molecular formula is C11H18N4. The number of nitrogens with zero attached hydrogens (tertiary/aromatic N) is 3. The quantitative estimate of drug-likeness (QED) is 0.802. The molecule has 4 heteroatoms. The largest absolute Gasteiger partial charge is 0.384 e. The van der Waals surface area contributed by atoms with E-state index < -0.39 is 0 Å². The van der Waals surface area contributed by atoms with E-state index in [1.165, 1.54) is 25.7 Å². The van der Waals surface area contributed by atoms with Crippen LogP contribution in [-0.4, -0.2) is 22.6 Å². The first-order valence-electron chi connectivity index (χ1n) is 5.65. The van der Waals surface area contributed by atoms with Crippen molar-refractivity contribution in [2.45, 2.75) is 38.6 Å². The molecule has 0 unspecified atom stereocenters. The minimum atomic E-state index is 0.556. The normalized spacial score (nSPS) is 21.7. The van der Waals surface area contributed by atoms with Gasteiger partial charge in [-0.2, -0.15) is 0 Å². The third-order valence-electron chi connectivity index (χ3n) is 3.07. The summed E-state index contributed by atoms with van der Waals surface area (Å²) < 4.78 is 0. The molecule has 82 valence electrons. The van der Waals surface area contributed by atoms with Crippen molar-refractivity contribution >= 4 is 11.6 Å². The van der Waals surface area contributed by atoms with Crippen molar-refractivity contribution in [2.24, 2.45) is 0 Å². The number of nitrogens with two attached hydrogens (primary N) is 1. The first-order valence-corrected chi connectivity index (χ1v) is 5.65. The van der Waals surface area contributed by atoms with Gasteiger partial charge in [0.05, 0.1) is 0 Å². The standard InChI is InChI=1S/C11H18N4/c1-2-9-5-3-4-6-15(9)11-7-10(12)13-8-14-11/h7-9H,2-6H2,1H3,(H2,12,13,14)/t9-/m1/s1. The molecule has 1 saturated heterocycles. The van der Waals surface area contributed by atoms with Gasteiger partial charge in [-0.3, -0.25) is 0 Å². The van der Waals surface area contributed by atoms with Gasteiger partial charge in [-0.25, -0.2) is 9.97 Å². The molecule has 0 radical (unpaired) electrons. The highest BCUT2D eigenvalue weighted by atomic mass is 15.2. The molecule has 2 heterocycles. The first-order chi connectivity index (χ1) is 7.31. The van der Waals surface area contributed by atoms with Crippen LogP contribution in [-0.2, 0) is 0 Å². The Morgan fingerprint density at radius 2 is 2.33 bits per heavy atom. The van der Waals surface area contributed by atoms with Gasteiger partial charge in [0.25, 0.3) is 0 Å². The minimum Gasteiger partial charge on any atom is -0.384 e. The Morgan fingerprint density at radius 3 is 3.07 bits per heavy atom. The van der Waals surface area contributed by atoms with Crippen LogP contribution in [0, 0.1) is 0 Å². The van der Waals surface area contributed by atoms with E-state index in [2.05, 4.69) is 21.8 Å². The molecule has 1 aliphatic rings. The third kappa shape index (κ3) is 2.19. The fraction of sp³-hybridized carbons (Fsp3) is 0.636. The highest BCUT2D eigenvalue weighted by Gasteiger charge is 2.21. The van der Waals surface area contributed by atoms with Crippen LogP contribution in [0.15, 0.2) is 12.4 Å². The molecule has 0 saturated carbocycles. The minimum absolute atomic E-state index is 0.556. The van der Waals surface area contributed by atoms with Gasteiger partial charge in [0.2, 0.25) is 0 Å². The lowest BCUT2D eigenvalue weighted by atomic mass is 10.0. The van der Waals surface area contributed by atoms with E-state index in [0.717, 1.165) is 12.4 Å². The van der Waals surface area contributed by atoms with E-state index in [1.807, 2.05) is 6.07 Å². The van der Waals surface area contributed by atoms with Crippen LogP contribution in [0.2, 0.25) is 0 Å². The molecule has 2 rings (SSSR count). The average molecular weight is 206 g/mol. The van der Waals surface area contributed by atoms with Crippen molar-refractivity contribution in [1.82, 2.24) is 9.97 Å². The summed E-state index contributed by atoms with van der Waals surface area (Å²) in [4.78, 5) is 10.6. The van der Waals surface area contributed by atoms with E-state index in [-0.39, 0.29) is 0 Å². The van der Waals surface area contributed by atoms with Gasteiger partial charge in [0.1, 0.15) is 18.0 Å². The maximum atomic E-state index is 5.67. The molecule has 0 bridgehead atoms. The van der Waals surface area contributed by atoms with Crippen molar-refractivity contribution in [2.75, 3.05) is 17.2 Å². The second-order valence-electron chi connectivity index (χ2n) is 4.05. The molecule has 1 aromatic heterocycles. The van der Waals surface area contributed by atoms with Gasteiger partial charge < -0.3 is 10.6 Å². The number of anilines is 2. The Labute approximate surface area is 90.5 Å². The maximum absolute atomic E-state index is 5.67. The number of nitrogen functional groups attached to an aromatic ring is 1. The van der Waals surface area contributed by atoms with Crippen molar-refractivity contribution in [3.8, 4) is 0 Å². The molecule has 1 aromatic rings. The van der Waals surface area contributed by atoms with Gasteiger partial charge in [-0.1, -0.05) is 6.92 Å². The molecule has 1 fully saturated rings. The molecule has 0 aromatic carbocycles. The van der Waals surface area contributed by atoms with Crippen LogP contribution in [0.5, 0.6) is 0 Å². The maximum Gasteiger partial charge on any atom is 0.134 e. The highest BCUT2D eigenvalue weighted by molar-refractivity contribution is 5.46. The van der Waals surface area contributed by atoms with Gasteiger partial charge in [0.15, 0.2) is 0 Å². The molecule has 2 N–H and O–H groups in total.